The molecular formula is C83H60N2. The minimum absolute atomic E-state index is 0.218. The van der Waals surface area contributed by atoms with E-state index in [0.717, 1.165) is 34.1 Å². The first-order chi connectivity index (χ1) is 42.0. The lowest BCUT2D eigenvalue weighted by molar-refractivity contribution is 0.660. The van der Waals surface area contributed by atoms with Crippen LogP contribution in [0.4, 0.5) is 34.1 Å². The van der Waals surface area contributed by atoms with Gasteiger partial charge in [0.1, 0.15) is 0 Å². The molecule has 13 aromatic carbocycles. The quantitative estimate of drug-likeness (QED) is 0.127. The van der Waals surface area contributed by atoms with E-state index in [2.05, 4.69) is 351 Å². The van der Waals surface area contributed by atoms with E-state index in [4.69, 9.17) is 0 Å². The smallest absolute Gasteiger partial charge is 0.0734 e. The number of benzene rings is 13. The van der Waals surface area contributed by atoms with Crippen LogP contribution in [0.25, 0.3) is 44.5 Å². The van der Waals surface area contributed by atoms with E-state index in [1.165, 1.54) is 100 Å². The number of hydrogen-bond donors (Lipinski definition) is 0. The molecular weight excluding hydrogens is 1020 g/mol. The lowest BCUT2D eigenvalue weighted by Gasteiger charge is -2.38. The topological polar surface area (TPSA) is 6.48 Å². The van der Waals surface area contributed by atoms with Gasteiger partial charge in [0, 0.05) is 39.3 Å². The molecule has 0 radical (unpaired) electrons. The molecule has 0 spiro atoms. The molecule has 2 nitrogen and oxygen atoms in total. The molecule has 0 bridgehead atoms. The predicted molar refractivity (Wildman–Crippen MR) is 353 cm³/mol. The second kappa shape index (κ2) is 19.8. The molecule has 0 aliphatic heterocycles. The molecule has 0 fully saturated rings. The van der Waals surface area contributed by atoms with Crippen LogP contribution in [0.3, 0.4) is 0 Å². The second-order valence-electron chi connectivity index (χ2n) is 23.5. The van der Waals surface area contributed by atoms with Crippen LogP contribution in [0, 0.1) is 0 Å². The standard InChI is InChI=1S/C83H60N2/c1-81(2)72-44-19-18-42-71(72)79-76(81)48-26-49-77(79)85(64-36-23-35-62(55-64)82(59-29-9-4-10-30-59)73-45-20-15-39-67(73)68-40-16-21-46-74(68)82)66-38-24-37-65(56-66)84(63-53-51-58(52-54-63)57-27-7-3-8-28-57)78-50-25-43-70-69-41-17-22-47-75(69)83(80(70)78,60-31-11-5-12-32-60)61-33-13-6-14-34-61/h3-56H,1-2H3. The van der Waals surface area contributed by atoms with E-state index in [9.17, 15) is 0 Å². The first kappa shape index (κ1) is 50.2. The number of anilines is 6. The Bertz CT molecular complexity index is 4590. The minimum Gasteiger partial charge on any atom is -0.310 e. The molecule has 16 rings (SSSR count). The minimum atomic E-state index is -0.658. The van der Waals surface area contributed by atoms with Gasteiger partial charge in [0.05, 0.1) is 22.2 Å². The van der Waals surface area contributed by atoms with Crippen molar-refractivity contribution in [2.45, 2.75) is 30.1 Å². The van der Waals surface area contributed by atoms with Crippen molar-refractivity contribution in [2.24, 2.45) is 0 Å². The van der Waals surface area contributed by atoms with Crippen molar-refractivity contribution in [3.05, 3.63) is 383 Å². The Kier molecular flexibility index (Phi) is 11.7. The van der Waals surface area contributed by atoms with Crippen LogP contribution in [0.5, 0.6) is 0 Å². The molecule has 3 aliphatic rings. The summed E-state index contributed by atoms with van der Waals surface area (Å²) in [5.74, 6) is 0. The van der Waals surface area contributed by atoms with Crippen LogP contribution in [0.1, 0.15) is 69.5 Å². The Morgan fingerprint density at radius 2 is 0.612 bits per heavy atom. The van der Waals surface area contributed by atoms with E-state index in [1.54, 1.807) is 0 Å². The molecule has 0 saturated carbocycles. The third-order valence-electron chi connectivity index (χ3n) is 18.8. The van der Waals surface area contributed by atoms with Crippen molar-refractivity contribution in [2.75, 3.05) is 9.80 Å². The number of hydrogen-bond acceptors (Lipinski definition) is 2. The Balaban J connectivity index is 0.967. The highest BCUT2D eigenvalue weighted by molar-refractivity contribution is 5.98. The average Bonchev–Trinajstić information content (AvgIpc) is 1.71. The van der Waals surface area contributed by atoms with Crippen LogP contribution in [0.2, 0.25) is 0 Å². The highest BCUT2D eigenvalue weighted by Gasteiger charge is 2.49. The number of nitrogens with zero attached hydrogens (tertiary/aromatic N) is 2. The van der Waals surface area contributed by atoms with Crippen molar-refractivity contribution in [1.29, 1.82) is 0 Å². The third kappa shape index (κ3) is 7.51. The van der Waals surface area contributed by atoms with Crippen LogP contribution < -0.4 is 9.80 Å². The molecule has 0 saturated heterocycles. The monoisotopic (exact) mass is 1080 g/mol. The lowest BCUT2D eigenvalue weighted by atomic mass is 9.67. The molecule has 0 amide bonds. The molecule has 13 aromatic rings. The zero-order valence-electron chi connectivity index (χ0n) is 47.6. The van der Waals surface area contributed by atoms with Gasteiger partial charge >= 0.3 is 0 Å². The summed E-state index contributed by atoms with van der Waals surface area (Å²) < 4.78 is 0. The Morgan fingerprint density at radius 3 is 1.20 bits per heavy atom. The molecule has 2 heteroatoms. The molecule has 0 N–H and O–H groups in total. The molecule has 0 atom stereocenters. The van der Waals surface area contributed by atoms with E-state index < -0.39 is 10.8 Å². The summed E-state index contributed by atoms with van der Waals surface area (Å²) in [4.78, 5) is 5.08. The van der Waals surface area contributed by atoms with Crippen molar-refractivity contribution in [3.8, 4) is 44.5 Å². The third-order valence-corrected chi connectivity index (χ3v) is 18.8. The maximum absolute atomic E-state index is 2.55. The van der Waals surface area contributed by atoms with Crippen LogP contribution in [-0.2, 0) is 16.2 Å². The van der Waals surface area contributed by atoms with E-state index in [-0.39, 0.29) is 5.41 Å². The van der Waals surface area contributed by atoms with Crippen molar-refractivity contribution in [1.82, 2.24) is 0 Å². The molecule has 3 aliphatic carbocycles. The molecule has 85 heavy (non-hydrogen) atoms. The van der Waals surface area contributed by atoms with Crippen molar-refractivity contribution < 1.29 is 0 Å². The second-order valence-corrected chi connectivity index (χ2v) is 23.5. The van der Waals surface area contributed by atoms with Crippen molar-refractivity contribution >= 4 is 34.1 Å². The molecule has 0 heterocycles. The van der Waals surface area contributed by atoms with Crippen LogP contribution >= 0.6 is 0 Å². The van der Waals surface area contributed by atoms with Gasteiger partial charge in [-0.1, -0.05) is 287 Å². The highest BCUT2D eigenvalue weighted by Crippen LogP contribution is 2.62. The Hall–Kier alpha value is -10.5. The Labute approximate surface area is 498 Å². The van der Waals surface area contributed by atoms with Gasteiger partial charge in [-0.15, -0.1) is 0 Å². The van der Waals surface area contributed by atoms with Crippen LogP contribution in [-0.4, -0.2) is 0 Å². The normalized spacial score (nSPS) is 14.0. The van der Waals surface area contributed by atoms with Crippen LogP contribution in [0.15, 0.2) is 328 Å². The fourth-order valence-electron chi connectivity index (χ4n) is 15.2. The van der Waals surface area contributed by atoms with Gasteiger partial charge in [-0.05, 0) is 144 Å². The predicted octanol–water partition coefficient (Wildman–Crippen LogP) is 21.3. The first-order valence-electron chi connectivity index (χ1n) is 29.7. The molecule has 0 aromatic heterocycles. The average molecular weight is 1090 g/mol. The van der Waals surface area contributed by atoms with Gasteiger partial charge in [-0.25, -0.2) is 0 Å². The molecule has 0 unspecified atom stereocenters. The number of rotatable bonds is 11. The summed E-state index contributed by atoms with van der Waals surface area (Å²) in [6.07, 6.45) is 0. The summed E-state index contributed by atoms with van der Waals surface area (Å²) in [5.41, 5.74) is 27.5. The van der Waals surface area contributed by atoms with E-state index in [1.807, 2.05) is 0 Å². The fraction of sp³-hybridized carbons (Fsp3) is 0.0602. The first-order valence-corrected chi connectivity index (χ1v) is 29.7. The zero-order chi connectivity index (χ0) is 56.7. The summed E-state index contributed by atoms with van der Waals surface area (Å²) in [6.45, 7) is 4.77. The van der Waals surface area contributed by atoms with Gasteiger partial charge in [0.2, 0.25) is 0 Å². The SMILES string of the molecule is CC1(C)c2ccccc2-c2c(N(c3cccc(N(c4ccc(-c5ccccc5)cc4)c4cccc5c4C(c4ccccc4)(c4ccccc4)c4ccccc4-5)c3)c3cccc(C4(c5ccccc5)c5ccccc5-c5ccccc54)c3)cccc21. The van der Waals surface area contributed by atoms with Gasteiger partial charge in [0.25, 0.3) is 0 Å². The fourth-order valence-corrected chi connectivity index (χ4v) is 15.2. The summed E-state index contributed by atoms with van der Waals surface area (Å²) in [5, 5.41) is 0. The van der Waals surface area contributed by atoms with E-state index in [0.29, 0.717) is 0 Å². The summed E-state index contributed by atoms with van der Waals surface area (Å²) in [7, 11) is 0. The largest absolute Gasteiger partial charge is 0.310 e. The van der Waals surface area contributed by atoms with E-state index >= 15 is 0 Å². The van der Waals surface area contributed by atoms with Gasteiger partial charge in [-0.2, -0.15) is 0 Å². The zero-order valence-corrected chi connectivity index (χ0v) is 47.6. The molecule has 402 valence electrons. The highest BCUT2D eigenvalue weighted by atomic mass is 15.2. The number of fused-ring (bicyclic) bond motifs is 9. The Morgan fingerprint density at radius 1 is 0.235 bits per heavy atom. The maximum atomic E-state index is 2.55. The van der Waals surface area contributed by atoms with Crippen molar-refractivity contribution in [3.63, 3.8) is 0 Å². The maximum Gasteiger partial charge on any atom is 0.0734 e. The summed E-state index contributed by atoms with van der Waals surface area (Å²) >= 11 is 0. The van der Waals surface area contributed by atoms with Gasteiger partial charge in [-0.3, -0.25) is 0 Å². The van der Waals surface area contributed by atoms with Gasteiger partial charge < -0.3 is 9.80 Å². The summed E-state index contributed by atoms with van der Waals surface area (Å²) in [6, 6.07) is 122. The van der Waals surface area contributed by atoms with Gasteiger partial charge in [0.15, 0.2) is 0 Å². The lowest BCUT2D eigenvalue weighted by Crippen LogP contribution is -2.30.